The Bertz CT molecular complexity index is 546. The molecule has 0 amide bonds. The van der Waals surface area contributed by atoms with Crippen molar-refractivity contribution in [3.05, 3.63) is 40.4 Å². The van der Waals surface area contributed by atoms with Crippen molar-refractivity contribution in [1.29, 1.82) is 0 Å². The van der Waals surface area contributed by atoms with Crippen molar-refractivity contribution in [1.82, 2.24) is 0 Å². The Labute approximate surface area is 152 Å². The molecular weight excluding hydrogens is 357 g/mol. The number of halogens is 2. The van der Waals surface area contributed by atoms with E-state index in [-0.39, 0.29) is 34.6 Å². The summed E-state index contributed by atoms with van der Waals surface area (Å²) < 4.78 is 5.48. The molecule has 0 heterocycles. The fourth-order valence-electron chi connectivity index (χ4n) is 2.02. The van der Waals surface area contributed by atoms with Crippen LogP contribution in [0.15, 0.2) is 24.8 Å². The van der Waals surface area contributed by atoms with Crippen molar-refractivity contribution in [3.63, 3.8) is 0 Å². The predicted octanol–water partition coefficient (Wildman–Crippen LogP) is 2.30. The molecule has 1 rings (SSSR count). The summed E-state index contributed by atoms with van der Waals surface area (Å²) in [6.45, 7) is 6.08. The molecule has 136 valence electrons. The van der Waals surface area contributed by atoms with E-state index in [0.717, 1.165) is 6.54 Å². The Kier molecular flexibility index (Phi) is 10.7. The number of carboxylic acid groups (broad SMARTS) is 1. The first-order chi connectivity index (χ1) is 11.3. The average Bonchev–Trinajstić information content (AvgIpc) is 2.50. The second-order valence-electron chi connectivity index (χ2n) is 5.23. The van der Waals surface area contributed by atoms with Crippen LogP contribution in [0, 0.1) is 0 Å². The summed E-state index contributed by atoms with van der Waals surface area (Å²) in [5.74, 6) is -1.08. The van der Waals surface area contributed by atoms with Crippen LogP contribution < -0.4 is 4.74 Å². The zero-order valence-electron chi connectivity index (χ0n) is 13.8. The molecule has 0 aromatic heterocycles. The molecule has 0 atom stereocenters. The number of carboxylic acids is 1. The van der Waals surface area contributed by atoms with Crippen molar-refractivity contribution in [3.8, 4) is 5.75 Å². The van der Waals surface area contributed by atoms with Gasteiger partial charge in [-0.05, 0) is 18.2 Å². The monoisotopic (exact) mass is 380 g/mol. The topological polar surface area (TPSA) is 87.0 Å². The third kappa shape index (κ3) is 7.07. The van der Waals surface area contributed by atoms with Gasteiger partial charge in [-0.2, -0.15) is 0 Å². The normalized spacial score (nSPS) is 10.6. The minimum atomic E-state index is -1.16. The van der Waals surface area contributed by atoms with Gasteiger partial charge >= 0.3 is 5.97 Å². The molecule has 0 unspecified atom stereocenters. The van der Waals surface area contributed by atoms with Gasteiger partial charge in [0.1, 0.15) is 18.7 Å². The molecule has 6 nitrogen and oxygen atoms in total. The van der Waals surface area contributed by atoms with Crippen molar-refractivity contribution >= 4 is 29.2 Å². The van der Waals surface area contributed by atoms with E-state index >= 15 is 0 Å². The first-order valence-corrected chi connectivity index (χ1v) is 7.93. The number of likely N-dealkylation sites (N-methyl/N-ethyl adjacent to an activating group) is 1. The van der Waals surface area contributed by atoms with Gasteiger partial charge in [0, 0.05) is 0 Å². The molecule has 0 aliphatic carbocycles. The van der Waals surface area contributed by atoms with Gasteiger partial charge in [0.15, 0.2) is 5.75 Å². The molecule has 0 fully saturated rings. The number of carbonyl (C=O) groups is 1. The maximum atomic E-state index is 10.7. The highest BCUT2D eigenvalue weighted by Gasteiger charge is 2.18. The van der Waals surface area contributed by atoms with Crippen LogP contribution in [0.2, 0.25) is 10.0 Å². The Morgan fingerprint density at radius 1 is 1.25 bits per heavy atom. The largest absolute Gasteiger partial charge is 0.494 e. The SMILES string of the molecule is C=CC[N+](C)(CCO)CCO.COc1c(Cl)ccc(Cl)c1C(=O)O. The van der Waals surface area contributed by atoms with Gasteiger partial charge in [-0.25, -0.2) is 4.79 Å². The summed E-state index contributed by atoms with van der Waals surface area (Å²) in [4.78, 5) is 10.7. The molecule has 0 aliphatic heterocycles. The van der Waals surface area contributed by atoms with Gasteiger partial charge in [0.05, 0.1) is 44.0 Å². The van der Waals surface area contributed by atoms with Crippen molar-refractivity contribution in [2.24, 2.45) is 0 Å². The Balaban J connectivity index is 0.000000449. The summed E-state index contributed by atoms with van der Waals surface area (Å²) in [5.41, 5.74) is -0.114. The van der Waals surface area contributed by atoms with E-state index in [2.05, 4.69) is 6.58 Å². The van der Waals surface area contributed by atoms with Crippen LogP contribution in [0.25, 0.3) is 0 Å². The van der Waals surface area contributed by atoms with Crippen LogP contribution in [0.4, 0.5) is 0 Å². The number of nitrogens with zero attached hydrogens (tertiary/aromatic N) is 1. The first kappa shape index (κ1) is 22.7. The third-order valence-corrected chi connectivity index (χ3v) is 3.94. The van der Waals surface area contributed by atoms with Crippen molar-refractivity contribution in [2.75, 3.05) is 47.0 Å². The molecule has 1 aromatic rings. The highest BCUT2D eigenvalue weighted by Crippen LogP contribution is 2.33. The number of aliphatic hydroxyl groups excluding tert-OH is 2. The Morgan fingerprint density at radius 2 is 1.75 bits per heavy atom. The smallest absolute Gasteiger partial charge is 0.341 e. The number of ether oxygens (including phenoxy) is 1. The molecule has 0 spiro atoms. The molecule has 0 radical (unpaired) electrons. The number of aromatic carboxylic acids is 1. The van der Waals surface area contributed by atoms with Crippen LogP contribution >= 0.6 is 23.2 Å². The first-order valence-electron chi connectivity index (χ1n) is 7.17. The maximum Gasteiger partial charge on any atom is 0.341 e. The lowest BCUT2D eigenvalue weighted by Crippen LogP contribution is -2.48. The molecular formula is C16H24Cl2NO5+. The lowest BCUT2D eigenvalue weighted by molar-refractivity contribution is -0.904. The number of rotatable bonds is 8. The minimum Gasteiger partial charge on any atom is -0.494 e. The van der Waals surface area contributed by atoms with Gasteiger partial charge in [-0.3, -0.25) is 0 Å². The minimum absolute atomic E-state index is 0.0849. The van der Waals surface area contributed by atoms with E-state index in [4.69, 9.17) is 43.3 Å². The number of hydrogen-bond acceptors (Lipinski definition) is 4. The summed E-state index contributed by atoms with van der Waals surface area (Å²) in [6, 6.07) is 2.89. The third-order valence-electron chi connectivity index (χ3n) is 3.33. The second-order valence-corrected chi connectivity index (χ2v) is 6.04. The van der Waals surface area contributed by atoms with Crippen LogP contribution in [0.1, 0.15) is 10.4 Å². The number of quaternary nitrogens is 1. The van der Waals surface area contributed by atoms with E-state index in [9.17, 15) is 4.79 Å². The Hall–Kier alpha value is -1.31. The summed E-state index contributed by atoms with van der Waals surface area (Å²) in [6.07, 6.45) is 1.81. The molecule has 24 heavy (non-hydrogen) atoms. The molecule has 3 N–H and O–H groups in total. The van der Waals surface area contributed by atoms with Gasteiger partial charge in [0.2, 0.25) is 0 Å². The van der Waals surface area contributed by atoms with Crippen LogP contribution in [0.5, 0.6) is 5.75 Å². The zero-order valence-corrected chi connectivity index (χ0v) is 15.3. The summed E-state index contributed by atoms with van der Waals surface area (Å²) >= 11 is 11.4. The highest BCUT2D eigenvalue weighted by atomic mass is 35.5. The maximum absolute atomic E-state index is 10.7. The predicted molar refractivity (Wildman–Crippen MR) is 95.1 cm³/mol. The molecule has 8 heteroatoms. The molecule has 1 aromatic carbocycles. The Morgan fingerprint density at radius 3 is 2.08 bits per heavy atom. The van der Waals surface area contributed by atoms with Crippen molar-refractivity contribution in [2.45, 2.75) is 0 Å². The van der Waals surface area contributed by atoms with Crippen molar-refractivity contribution < 1.29 is 29.3 Å². The van der Waals surface area contributed by atoms with E-state index < -0.39 is 5.97 Å². The lowest BCUT2D eigenvalue weighted by Gasteiger charge is -2.31. The van der Waals surface area contributed by atoms with Gasteiger partial charge in [-0.15, -0.1) is 0 Å². The fourth-order valence-corrected chi connectivity index (χ4v) is 2.49. The summed E-state index contributed by atoms with van der Waals surface area (Å²) in [7, 11) is 3.33. The summed E-state index contributed by atoms with van der Waals surface area (Å²) in [5, 5.41) is 26.6. The second kappa shape index (κ2) is 11.3. The number of aliphatic hydroxyl groups is 2. The molecule has 0 bridgehead atoms. The quantitative estimate of drug-likeness (QED) is 0.475. The van der Waals surface area contributed by atoms with E-state index in [1.807, 2.05) is 13.1 Å². The van der Waals surface area contributed by atoms with E-state index in [1.54, 1.807) is 0 Å². The zero-order chi connectivity index (χ0) is 18.8. The van der Waals surface area contributed by atoms with Crippen LogP contribution in [-0.4, -0.2) is 72.8 Å². The molecule has 0 saturated heterocycles. The van der Waals surface area contributed by atoms with Gasteiger partial charge in [-0.1, -0.05) is 29.8 Å². The van der Waals surface area contributed by atoms with Gasteiger partial charge < -0.3 is 24.5 Å². The average molecular weight is 381 g/mol. The van der Waals surface area contributed by atoms with Crippen LogP contribution in [0.3, 0.4) is 0 Å². The number of methoxy groups -OCH3 is 1. The van der Waals surface area contributed by atoms with E-state index in [1.165, 1.54) is 19.2 Å². The molecule has 0 saturated carbocycles. The standard InChI is InChI=1S/C8H6Cl2O3.C8H18NO2/c1-13-7-5(10)3-2-4(9)6(7)8(11)12;1-3-4-9(2,5-7-10)6-8-11/h2-3H,1H3,(H,11,12);3,10-11H,1,4-8H2,2H3/q;+1. The van der Waals surface area contributed by atoms with Crippen LogP contribution in [-0.2, 0) is 0 Å². The lowest BCUT2D eigenvalue weighted by atomic mass is 10.2. The van der Waals surface area contributed by atoms with Gasteiger partial charge in [0.25, 0.3) is 0 Å². The number of hydrogen-bond donors (Lipinski definition) is 3. The highest BCUT2D eigenvalue weighted by molar-refractivity contribution is 6.36. The fraction of sp³-hybridized carbons (Fsp3) is 0.438. The molecule has 0 aliphatic rings. The number of benzene rings is 1. The van der Waals surface area contributed by atoms with E-state index in [0.29, 0.717) is 17.6 Å².